The van der Waals surface area contributed by atoms with Gasteiger partial charge < -0.3 is 10.4 Å². The highest BCUT2D eigenvalue weighted by Crippen LogP contribution is 2.31. The van der Waals surface area contributed by atoms with E-state index in [0.717, 1.165) is 22.1 Å². The second-order valence-electron chi connectivity index (χ2n) is 3.66. The van der Waals surface area contributed by atoms with E-state index in [4.69, 9.17) is 0 Å². The molecule has 13 heavy (non-hydrogen) atoms. The number of aliphatic hydroxyl groups excluding tert-OH is 1. The molecule has 2 N–H and O–H groups in total. The summed E-state index contributed by atoms with van der Waals surface area (Å²) in [6, 6.07) is 0. The van der Waals surface area contributed by atoms with Gasteiger partial charge in [0, 0.05) is 19.0 Å². The predicted molar refractivity (Wildman–Crippen MR) is 52.9 cm³/mol. The monoisotopic (exact) mass is 198 g/mol. The van der Waals surface area contributed by atoms with E-state index in [1.807, 2.05) is 0 Å². The molecule has 72 valence electrons. The summed E-state index contributed by atoms with van der Waals surface area (Å²) < 4.78 is 0. The van der Waals surface area contributed by atoms with Crippen LogP contribution in [0.3, 0.4) is 0 Å². The Morgan fingerprint density at radius 1 is 1.62 bits per heavy atom. The zero-order valence-electron chi connectivity index (χ0n) is 7.87. The van der Waals surface area contributed by atoms with Crippen molar-refractivity contribution in [3.8, 4) is 0 Å². The summed E-state index contributed by atoms with van der Waals surface area (Å²) in [5, 5.41) is 13.9. The molecule has 0 radical (unpaired) electrons. The molecule has 1 unspecified atom stereocenters. The Hall–Kier alpha value is -0.450. The molecule has 0 saturated carbocycles. The van der Waals surface area contributed by atoms with Crippen molar-refractivity contribution >= 4 is 11.3 Å². The zero-order chi connectivity index (χ0) is 9.42. The SMILES string of the molecule is CC(C)c1nc2c(s1)C(O)CNC2. The van der Waals surface area contributed by atoms with Gasteiger partial charge in [-0.2, -0.15) is 0 Å². The normalized spacial score (nSPS) is 22.0. The summed E-state index contributed by atoms with van der Waals surface area (Å²) in [6.45, 7) is 5.72. The molecule has 1 aromatic rings. The van der Waals surface area contributed by atoms with Crippen LogP contribution >= 0.6 is 11.3 Å². The van der Waals surface area contributed by atoms with Crippen molar-refractivity contribution < 1.29 is 5.11 Å². The average Bonchev–Trinajstić information content (AvgIpc) is 2.49. The maximum absolute atomic E-state index is 9.66. The molecule has 0 bridgehead atoms. The first kappa shape index (κ1) is 9.12. The zero-order valence-corrected chi connectivity index (χ0v) is 8.69. The Bertz CT molecular complexity index is 309. The molecule has 3 nitrogen and oxygen atoms in total. The largest absolute Gasteiger partial charge is 0.386 e. The fourth-order valence-electron chi connectivity index (χ4n) is 1.44. The molecule has 0 amide bonds. The Balaban J connectivity index is 2.36. The van der Waals surface area contributed by atoms with Gasteiger partial charge in [-0.1, -0.05) is 13.8 Å². The van der Waals surface area contributed by atoms with Gasteiger partial charge in [-0.25, -0.2) is 4.98 Å². The van der Waals surface area contributed by atoms with Gasteiger partial charge in [0.1, 0.15) is 6.10 Å². The first-order chi connectivity index (χ1) is 6.18. The second-order valence-corrected chi connectivity index (χ2v) is 4.73. The Morgan fingerprint density at radius 2 is 2.38 bits per heavy atom. The molecular weight excluding hydrogens is 184 g/mol. The third-order valence-corrected chi connectivity index (χ3v) is 3.67. The van der Waals surface area contributed by atoms with Crippen LogP contribution in [-0.2, 0) is 6.54 Å². The average molecular weight is 198 g/mol. The fraction of sp³-hybridized carbons (Fsp3) is 0.667. The van der Waals surface area contributed by atoms with Crippen LogP contribution in [0.2, 0.25) is 0 Å². The number of hydrogen-bond donors (Lipinski definition) is 2. The lowest BCUT2D eigenvalue weighted by Gasteiger charge is -2.16. The maximum atomic E-state index is 9.66. The molecule has 1 aliphatic heterocycles. The predicted octanol–water partition coefficient (Wildman–Crippen LogP) is 1.40. The number of rotatable bonds is 1. The highest BCUT2D eigenvalue weighted by molar-refractivity contribution is 7.11. The lowest BCUT2D eigenvalue weighted by molar-refractivity contribution is 0.168. The number of β-amino-alcohol motifs (C(OH)–C–C–N with tert-alkyl or cyclic N) is 1. The van der Waals surface area contributed by atoms with E-state index in [1.165, 1.54) is 0 Å². The van der Waals surface area contributed by atoms with Gasteiger partial charge >= 0.3 is 0 Å². The molecule has 0 aromatic carbocycles. The molecule has 0 fully saturated rings. The number of aromatic nitrogens is 1. The van der Waals surface area contributed by atoms with Crippen molar-refractivity contribution in [1.82, 2.24) is 10.3 Å². The smallest absolute Gasteiger partial charge is 0.102 e. The van der Waals surface area contributed by atoms with E-state index < -0.39 is 0 Å². The van der Waals surface area contributed by atoms with Gasteiger partial charge in [-0.3, -0.25) is 0 Å². The van der Waals surface area contributed by atoms with Crippen LogP contribution in [0.15, 0.2) is 0 Å². The summed E-state index contributed by atoms with van der Waals surface area (Å²) in [5.74, 6) is 0.461. The van der Waals surface area contributed by atoms with Gasteiger partial charge in [0.15, 0.2) is 0 Å². The minimum atomic E-state index is -0.353. The first-order valence-electron chi connectivity index (χ1n) is 4.56. The van der Waals surface area contributed by atoms with Crippen LogP contribution in [0, 0.1) is 0 Å². The maximum Gasteiger partial charge on any atom is 0.102 e. The molecular formula is C9H14N2OS. The van der Waals surface area contributed by atoms with Gasteiger partial charge in [-0.15, -0.1) is 11.3 Å². The van der Waals surface area contributed by atoms with Crippen molar-refractivity contribution in [3.05, 3.63) is 15.6 Å². The van der Waals surface area contributed by atoms with Crippen LogP contribution in [0.1, 0.15) is 41.4 Å². The van der Waals surface area contributed by atoms with Gasteiger partial charge in [-0.05, 0) is 0 Å². The molecule has 1 atom stereocenters. The molecule has 1 aromatic heterocycles. The number of nitrogens with zero attached hydrogens (tertiary/aromatic N) is 1. The van der Waals surface area contributed by atoms with Gasteiger partial charge in [0.2, 0.25) is 0 Å². The third kappa shape index (κ3) is 1.61. The standard InChI is InChI=1S/C9H14N2OS/c1-5(2)9-11-6-3-10-4-7(12)8(6)13-9/h5,7,10,12H,3-4H2,1-2H3. The quantitative estimate of drug-likeness (QED) is 0.717. The van der Waals surface area contributed by atoms with E-state index in [1.54, 1.807) is 11.3 Å². The molecule has 2 heterocycles. The van der Waals surface area contributed by atoms with Crippen molar-refractivity contribution in [2.45, 2.75) is 32.4 Å². The summed E-state index contributed by atoms with van der Waals surface area (Å²) in [7, 11) is 0. The van der Waals surface area contributed by atoms with Crippen LogP contribution in [0.25, 0.3) is 0 Å². The number of aliphatic hydroxyl groups is 1. The second kappa shape index (κ2) is 3.36. The third-order valence-electron chi connectivity index (χ3n) is 2.17. The minimum absolute atomic E-state index is 0.353. The Morgan fingerprint density at radius 3 is 3.00 bits per heavy atom. The van der Waals surface area contributed by atoms with Crippen LogP contribution in [0.5, 0.6) is 0 Å². The minimum Gasteiger partial charge on any atom is -0.386 e. The van der Waals surface area contributed by atoms with E-state index in [0.29, 0.717) is 12.5 Å². The van der Waals surface area contributed by atoms with Crippen LogP contribution in [0.4, 0.5) is 0 Å². The van der Waals surface area contributed by atoms with Crippen molar-refractivity contribution in [2.24, 2.45) is 0 Å². The highest BCUT2D eigenvalue weighted by Gasteiger charge is 2.22. The lowest BCUT2D eigenvalue weighted by atomic mass is 10.2. The van der Waals surface area contributed by atoms with Gasteiger partial charge in [0.05, 0.1) is 15.6 Å². The summed E-state index contributed by atoms with van der Waals surface area (Å²) in [6.07, 6.45) is -0.353. The van der Waals surface area contributed by atoms with Crippen molar-refractivity contribution in [1.29, 1.82) is 0 Å². The molecule has 0 spiro atoms. The van der Waals surface area contributed by atoms with E-state index in [2.05, 4.69) is 24.1 Å². The highest BCUT2D eigenvalue weighted by atomic mass is 32.1. The van der Waals surface area contributed by atoms with E-state index >= 15 is 0 Å². The molecule has 4 heteroatoms. The fourth-order valence-corrected chi connectivity index (χ4v) is 2.51. The Kier molecular flexibility index (Phi) is 2.36. The number of fused-ring (bicyclic) bond motifs is 1. The van der Waals surface area contributed by atoms with Crippen LogP contribution < -0.4 is 5.32 Å². The molecule has 2 rings (SSSR count). The van der Waals surface area contributed by atoms with Crippen molar-refractivity contribution in [3.63, 3.8) is 0 Å². The van der Waals surface area contributed by atoms with E-state index in [9.17, 15) is 5.11 Å². The topological polar surface area (TPSA) is 45.2 Å². The summed E-state index contributed by atoms with van der Waals surface area (Å²) in [4.78, 5) is 5.55. The summed E-state index contributed by atoms with van der Waals surface area (Å²) >= 11 is 1.65. The number of hydrogen-bond acceptors (Lipinski definition) is 4. The number of thiazole rings is 1. The lowest BCUT2D eigenvalue weighted by Crippen LogP contribution is -2.26. The Labute approximate surface area is 81.8 Å². The summed E-state index contributed by atoms with van der Waals surface area (Å²) in [5.41, 5.74) is 1.03. The van der Waals surface area contributed by atoms with Gasteiger partial charge in [0.25, 0.3) is 0 Å². The van der Waals surface area contributed by atoms with E-state index in [-0.39, 0.29) is 6.10 Å². The molecule has 0 aliphatic carbocycles. The molecule has 1 aliphatic rings. The van der Waals surface area contributed by atoms with Crippen LogP contribution in [-0.4, -0.2) is 16.6 Å². The number of nitrogens with one attached hydrogen (secondary N) is 1. The first-order valence-corrected chi connectivity index (χ1v) is 5.38. The van der Waals surface area contributed by atoms with Crippen molar-refractivity contribution in [2.75, 3.05) is 6.54 Å². The molecule has 0 saturated heterocycles.